The van der Waals surface area contributed by atoms with E-state index in [0.29, 0.717) is 26.3 Å². The highest BCUT2D eigenvalue weighted by Crippen LogP contribution is 2.20. The first kappa shape index (κ1) is 21.8. The van der Waals surface area contributed by atoms with Crippen LogP contribution in [-0.2, 0) is 19.5 Å². The fraction of sp³-hybridized carbons (Fsp3) is 0.421. The van der Waals surface area contributed by atoms with E-state index < -0.39 is 15.9 Å². The molecule has 3 rings (SSSR count). The summed E-state index contributed by atoms with van der Waals surface area (Å²) in [7, 11) is -3.61. The molecule has 1 aliphatic heterocycles. The molecule has 30 heavy (non-hydrogen) atoms. The maximum absolute atomic E-state index is 12.8. The first-order chi connectivity index (χ1) is 14.5. The van der Waals surface area contributed by atoms with Crippen LogP contribution < -0.4 is 5.32 Å². The van der Waals surface area contributed by atoms with Crippen molar-refractivity contribution in [3.8, 4) is 0 Å². The van der Waals surface area contributed by atoms with Gasteiger partial charge < -0.3 is 13.9 Å². The summed E-state index contributed by atoms with van der Waals surface area (Å²) in [6.45, 7) is 5.55. The lowest BCUT2D eigenvalue weighted by Gasteiger charge is -2.21. The maximum Gasteiger partial charge on any atom is 0.322 e. The molecular weight excluding hydrogens is 412 g/mol. The summed E-state index contributed by atoms with van der Waals surface area (Å²) in [4.78, 5) is 12.6. The van der Waals surface area contributed by atoms with Gasteiger partial charge in [-0.1, -0.05) is 18.9 Å². The van der Waals surface area contributed by atoms with E-state index in [4.69, 9.17) is 13.9 Å². The fourth-order valence-electron chi connectivity index (χ4n) is 2.80. The van der Waals surface area contributed by atoms with Crippen molar-refractivity contribution < 1.29 is 27.1 Å². The summed E-state index contributed by atoms with van der Waals surface area (Å²) < 4.78 is 42.9. The van der Waals surface area contributed by atoms with E-state index in [0.717, 1.165) is 12.8 Å². The summed E-state index contributed by atoms with van der Waals surface area (Å²) in [6, 6.07) is 5.60. The van der Waals surface area contributed by atoms with Crippen LogP contribution in [0.2, 0.25) is 0 Å². The number of nitrogens with one attached hydrogen (secondary N) is 1. The minimum absolute atomic E-state index is 0.0818. The van der Waals surface area contributed by atoms with Gasteiger partial charge in [0, 0.05) is 18.7 Å². The van der Waals surface area contributed by atoms with Gasteiger partial charge in [0.25, 0.3) is 11.8 Å². The molecular formula is C19H24N4O6S. The molecule has 0 spiro atoms. The Morgan fingerprint density at radius 2 is 1.80 bits per heavy atom. The molecule has 1 aromatic carbocycles. The van der Waals surface area contributed by atoms with Crippen molar-refractivity contribution in [3.05, 3.63) is 42.0 Å². The van der Waals surface area contributed by atoms with Gasteiger partial charge in [0.2, 0.25) is 15.8 Å². The van der Waals surface area contributed by atoms with Crippen LogP contribution in [0.5, 0.6) is 0 Å². The van der Waals surface area contributed by atoms with E-state index in [1.807, 2.05) is 13.8 Å². The van der Waals surface area contributed by atoms with Gasteiger partial charge in [-0.05, 0) is 37.1 Å². The molecule has 0 atom stereocenters. The number of carbonyl (C=O) groups is 1. The Labute approximate surface area is 174 Å². The van der Waals surface area contributed by atoms with E-state index in [2.05, 4.69) is 15.5 Å². The number of hydrogen-bond acceptors (Lipinski definition) is 8. The Morgan fingerprint density at radius 1 is 1.10 bits per heavy atom. The van der Waals surface area contributed by atoms with E-state index in [1.54, 1.807) is 0 Å². The van der Waals surface area contributed by atoms with E-state index in [1.165, 1.54) is 34.8 Å². The number of carbonyl (C=O) groups excluding carboxylic acids is 1. The number of nitrogens with zero attached hydrogens (tertiary/aromatic N) is 3. The third kappa shape index (κ3) is 4.97. The standard InChI is InChI=1S/C19H24N4O6S/c1-3-9-23(10-4-2)30(25,26)15-7-5-14(6-8-15)17(24)20-19-22-21-18(29-19)16-13-27-11-12-28-16/h5-8,13H,3-4,9-12H2,1-2H3,(H,20,22,24). The van der Waals surface area contributed by atoms with Gasteiger partial charge in [0.15, 0.2) is 0 Å². The molecule has 0 saturated heterocycles. The molecule has 0 saturated carbocycles. The van der Waals surface area contributed by atoms with Crippen LogP contribution >= 0.6 is 0 Å². The van der Waals surface area contributed by atoms with Crippen LogP contribution in [0.1, 0.15) is 42.9 Å². The zero-order valence-electron chi connectivity index (χ0n) is 16.8. The van der Waals surface area contributed by atoms with Gasteiger partial charge in [0.05, 0.1) is 4.90 Å². The summed E-state index contributed by atoms with van der Waals surface area (Å²) in [6.07, 6.45) is 2.81. The maximum atomic E-state index is 12.8. The van der Waals surface area contributed by atoms with Crippen molar-refractivity contribution in [1.29, 1.82) is 0 Å². The molecule has 0 radical (unpaired) electrons. The molecule has 0 unspecified atom stereocenters. The minimum atomic E-state index is -3.61. The first-order valence-electron chi connectivity index (χ1n) is 9.65. The zero-order chi connectivity index (χ0) is 21.6. The Kier molecular flexibility index (Phi) is 7.06. The van der Waals surface area contributed by atoms with Crippen LogP contribution in [0.15, 0.2) is 39.8 Å². The Bertz CT molecular complexity index is 994. The Hall–Kier alpha value is -2.92. The summed E-state index contributed by atoms with van der Waals surface area (Å²) in [5, 5.41) is 10.0. The van der Waals surface area contributed by atoms with Gasteiger partial charge in [-0.3, -0.25) is 10.1 Å². The number of amides is 1. The largest absolute Gasteiger partial charge is 0.494 e. The summed E-state index contributed by atoms with van der Waals surface area (Å²) >= 11 is 0. The number of anilines is 1. The SMILES string of the molecule is CCCN(CCC)S(=O)(=O)c1ccc(C(=O)Nc2nnc(C3=COCCO3)o2)cc1. The third-order valence-electron chi connectivity index (χ3n) is 4.21. The van der Waals surface area contributed by atoms with Crippen LogP contribution in [0.3, 0.4) is 0 Å². The van der Waals surface area contributed by atoms with E-state index in [9.17, 15) is 13.2 Å². The molecule has 2 heterocycles. The normalized spacial score (nSPS) is 14.0. The predicted octanol–water partition coefficient (Wildman–Crippen LogP) is 2.48. The van der Waals surface area contributed by atoms with Gasteiger partial charge in [-0.2, -0.15) is 4.31 Å². The third-order valence-corrected chi connectivity index (χ3v) is 6.12. The molecule has 1 N–H and O–H groups in total. The molecule has 1 aliphatic rings. The average molecular weight is 436 g/mol. The molecule has 0 aliphatic carbocycles. The number of aromatic nitrogens is 2. The monoisotopic (exact) mass is 436 g/mol. The molecule has 2 aromatic rings. The van der Waals surface area contributed by atoms with Crippen molar-refractivity contribution >= 4 is 27.7 Å². The van der Waals surface area contributed by atoms with Gasteiger partial charge in [-0.15, -0.1) is 5.10 Å². The lowest BCUT2D eigenvalue weighted by molar-refractivity contribution is 0.102. The molecule has 162 valence electrons. The van der Waals surface area contributed by atoms with Crippen molar-refractivity contribution in [3.63, 3.8) is 0 Å². The van der Waals surface area contributed by atoms with Crippen molar-refractivity contribution in [1.82, 2.24) is 14.5 Å². The highest BCUT2D eigenvalue weighted by molar-refractivity contribution is 7.89. The van der Waals surface area contributed by atoms with Crippen LogP contribution in [0.25, 0.3) is 5.76 Å². The van der Waals surface area contributed by atoms with Crippen LogP contribution in [0, 0.1) is 0 Å². The lowest BCUT2D eigenvalue weighted by atomic mass is 10.2. The number of hydrogen-bond donors (Lipinski definition) is 1. The van der Waals surface area contributed by atoms with Gasteiger partial charge in [-0.25, -0.2) is 8.42 Å². The van der Waals surface area contributed by atoms with E-state index in [-0.39, 0.29) is 28.1 Å². The minimum Gasteiger partial charge on any atom is -0.494 e. The summed E-state index contributed by atoms with van der Waals surface area (Å²) in [5.74, 6) is -0.145. The second kappa shape index (κ2) is 9.72. The molecule has 1 amide bonds. The predicted molar refractivity (Wildman–Crippen MR) is 108 cm³/mol. The van der Waals surface area contributed by atoms with Crippen LogP contribution in [0.4, 0.5) is 6.01 Å². The quantitative estimate of drug-likeness (QED) is 0.636. The number of rotatable bonds is 9. The fourth-order valence-corrected chi connectivity index (χ4v) is 4.43. The molecule has 11 heteroatoms. The molecule has 0 bridgehead atoms. The Balaban J connectivity index is 1.69. The second-order valence-corrected chi connectivity index (χ2v) is 8.43. The summed E-state index contributed by atoms with van der Waals surface area (Å²) in [5.41, 5.74) is 0.252. The van der Waals surface area contributed by atoms with Gasteiger partial charge >= 0.3 is 6.01 Å². The first-order valence-corrected chi connectivity index (χ1v) is 11.1. The highest BCUT2D eigenvalue weighted by Gasteiger charge is 2.23. The van der Waals surface area contributed by atoms with Crippen LogP contribution in [-0.4, -0.2) is 55.1 Å². The van der Waals surface area contributed by atoms with Crippen molar-refractivity contribution in [2.24, 2.45) is 0 Å². The topological polar surface area (TPSA) is 124 Å². The van der Waals surface area contributed by atoms with E-state index >= 15 is 0 Å². The molecule has 1 aromatic heterocycles. The lowest BCUT2D eigenvalue weighted by Crippen LogP contribution is -2.32. The number of sulfonamides is 1. The average Bonchev–Trinajstić information content (AvgIpc) is 3.23. The smallest absolute Gasteiger partial charge is 0.322 e. The second-order valence-electron chi connectivity index (χ2n) is 6.50. The zero-order valence-corrected chi connectivity index (χ0v) is 17.6. The Morgan fingerprint density at radius 3 is 2.40 bits per heavy atom. The number of benzene rings is 1. The van der Waals surface area contributed by atoms with Crippen molar-refractivity contribution in [2.45, 2.75) is 31.6 Å². The van der Waals surface area contributed by atoms with Crippen molar-refractivity contribution in [2.75, 3.05) is 31.6 Å². The molecule has 0 fully saturated rings. The van der Waals surface area contributed by atoms with Gasteiger partial charge in [0.1, 0.15) is 19.5 Å². The molecule has 10 nitrogen and oxygen atoms in total. The number of ether oxygens (including phenoxy) is 2. The highest BCUT2D eigenvalue weighted by atomic mass is 32.2.